The molecule has 3 N–H and O–H groups in total. The van der Waals surface area contributed by atoms with Crippen LogP contribution in [-0.2, 0) is 26.1 Å². The Balaban J connectivity index is 1.28. The fourth-order valence-electron chi connectivity index (χ4n) is 4.91. The van der Waals surface area contributed by atoms with Crippen molar-refractivity contribution in [2.45, 2.75) is 48.5 Å². The second-order valence-corrected chi connectivity index (χ2v) is 11.0. The number of fused-ring (bicyclic) bond motifs is 3. The zero-order valence-electron chi connectivity index (χ0n) is 20.1. The topological polar surface area (TPSA) is 114 Å². The number of hydrogen-bond donors (Lipinski definition) is 3. The molecule has 2 aliphatic rings. The Bertz CT molecular complexity index is 1430. The maximum absolute atomic E-state index is 13.4. The van der Waals surface area contributed by atoms with Crippen molar-refractivity contribution < 1.29 is 36.6 Å². The smallest absolute Gasteiger partial charge is 0.261 e. The molecule has 5 rings (SSSR count). The third-order valence-corrected chi connectivity index (χ3v) is 8.06. The highest BCUT2D eigenvalue weighted by atomic mass is 32.2. The first-order valence-corrected chi connectivity index (χ1v) is 13.6. The molecule has 0 aromatic heterocycles. The molecule has 1 saturated heterocycles. The fraction of sp³-hybridized carbons (Fsp3) is 0.296. The Morgan fingerprint density at radius 2 is 1.82 bits per heavy atom. The fourth-order valence-corrected chi connectivity index (χ4v) is 5.96. The average molecular weight is 545 g/mol. The van der Waals surface area contributed by atoms with Crippen LogP contribution < -0.4 is 14.8 Å². The van der Waals surface area contributed by atoms with Crippen LogP contribution in [0.4, 0.5) is 14.5 Å². The lowest BCUT2D eigenvalue weighted by Crippen LogP contribution is -2.47. The summed E-state index contributed by atoms with van der Waals surface area (Å²) in [4.78, 5) is 12.5. The molecular formula is C27H26F2N2O6S. The molecule has 1 fully saturated rings. The molecule has 4 atom stereocenters. The third-order valence-electron chi connectivity index (χ3n) is 6.67. The highest BCUT2D eigenvalue weighted by Crippen LogP contribution is 2.47. The van der Waals surface area contributed by atoms with Crippen LogP contribution in [-0.4, -0.2) is 44.4 Å². The maximum Gasteiger partial charge on any atom is 0.261 e. The zero-order valence-corrected chi connectivity index (χ0v) is 21.0. The second-order valence-electron chi connectivity index (χ2n) is 9.33. The van der Waals surface area contributed by atoms with Crippen LogP contribution in [0.3, 0.4) is 0 Å². The molecule has 2 heterocycles. The molecule has 200 valence electrons. The van der Waals surface area contributed by atoms with Gasteiger partial charge in [0.05, 0.1) is 24.0 Å². The van der Waals surface area contributed by atoms with Gasteiger partial charge in [-0.15, -0.1) is 0 Å². The predicted octanol–water partition coefficient (Wildman–Crippen LogP) is 3.47. The van der Waals surface area contributed by atoms with Gasteiger partial charge in [0.15, 0.2) is 0 Å². The lowest BCUT2D eigenvalue weighted by molar-refractivity contribution is -0.142. The van der Waals surface area contributed by atoms with Crippen molar-refractivity contribution in [1.29, 1.82) is 0 Å². The van der Waals surface area contributed by atoms with Crippen molar-refractivity contribution in [2.75, 3.05) is 11.3 Å². The molecule has 0 aliphatic carbocycles. The van der Waals surface area contributed by atoms with Crippen LogP contribution in [0.15, 0.2) is 71.6 Å². The van der Waals surface area contributed by atoms with Crippen molar-refractivity contribution in [2.24, 2.45) is 0 Å². The van der Waals surface area contributed by atoms with Gasteiger partial charge in [-0.25, -0.2) is 17.2 Å². The summed E-state index contributed by atoms with van der Waals surface area (Å²) in [6.07, 6.45) is -1.25. The van der Waals surface area contributed by atoms with Gasteiger partial charge in [0, 0.05) is 23.7 Å². The Kier molecular flexibility index (Phi) is 7.33. The zero-order chi connectivity index (χ0) is 26.9. The largest absolute Gasteiger partial charge is 0.487 e. The molecule has 0 spiro atoms. The minimum Gasteiger partial charge on any atom is -0.487 e. The van der Waals surface area contributed by atoms with E-state index >= 15 is 0 Å². The van der Waals surface area contributed by atoms with Crippen molar-refractivity contribution in [3.8, 4) is 5.75 Å². The first-order chi connectivity index (χ1) is 18.2. The molecule has 0 unspecified atom stereocenters. The quantitative estimate of drug-likeness (QED) is 0.400. The standard InChI is InChI=1S/C27H26F2N2O6S/c28-17-4-7-21(8-5-17)38(34,35)31-19-6-9-24-22(11-19)23-12-20(36-25(15-32)27(23)37-24)13-26(33)30-14-16-2-1-3-18(29)10-16/h1-11,20,23,25,27,31-32H,12-15H2,(H,30,33)/t20-,23-,25-,27+/m1/s1. The van der Waals surface area contributed by atoms with E-state index in [9.17, 15) is 27.1 Å². The number of nitrogens with one attached hydrogen (secondary N) is 2. The number of halogens is 2. The number of ether oxygens (including phenoxy) is 2. The van der Waals surface area contributed by atoms with Gasteiger partial charge in [0.1, 0.15) is 29.6 Å². The number of carbonyl (C=O) groups is 1. The third kappa shape index (κ3) is 5.64. The van der Waals surface area contributed by atoms with E-state index in [0.717, 1.165) is 17.7 Å². The number of benzene rings is 3. The van der Waals surface area contributed by atoms with Gasteiger partial charge in [-0.05, 0) is 66.6 Å². The van der Waals surface area contributed by atoms with Gasteiger partial charge in [0.2, 0.25) is 5.91 Å². The number of aliphatic hydroxyl groups is 1. The Labute approximate surface area is 218 Å². The first kappa shape index (κ1) is 26.1. The van der Waals surface area contributed by atoms with E-state index in [1.54, 1.807) is 30.3 Å². The molecule has 38 heavy (non-hydrogen) atoms. The minimum absolute atomic E-state index is 0.0290. The monoisotopic (exact) mass is 544 g/mol. The van der Waals surface area contributed by atoms with E-state index in [2.05, 4.69) is 10.0 Å². The number of carbonyl (C=O) groups excluding carboxylic acids is 1. The van der Waals surface area contributed by atoms with Crippen molar-refractivity contribution in [1.82, 2.24) is 5.32 Å². The predicted molar refractivity (Wildman–Crippen MR) is 134 cm³/mol. The van der Waals surface area contributed by atoms with Crippen molar-refractivity contribution in [3.05, 3.63) is 89.5 Å². The molecular weight excluding hydrogens is 518 g/mol. The van der Waals surface area contributed by atoms with Gasteiger partial charge in [-0.1, -0.05) is 12.1 Å². The normalized spacial score (nSPS) is 22.2. The van der Waals surface area contributed by atoms with E-state index in [-0.39, 0.29) is 42.1 Å². The number of rotatable bonds is 8. The second kappa shape index (κ2) is 10.7. The molecule has 11 heteroatoms. The summed E-state index contributed by atoms with van der Waals surface area (Å²) >= 11 is 0. The summed E-state index contributed by atoms with van der Waals surface area (Å²) in [5.41, 5.74) is 1.67. The van der Waals surface area contributed by atoms with E-state index in [1.807, 2.05) is 0 Å². The number of hydrogen-bond acceptors (Lipinski definition) is 6. The molecule has 0 radical (unpaired) electrons. The Morgan fingerprint density at radius 3 is 2.55 bits per heavy atom. The van der Waals surface area contributed by atoms with Crippen molar-refractivity contribution >= 4 is 21.6 Å². The molecule has 3 aromatic rings. The lowest BCUT2D eigenvalue weighted by atomic mass is 9.84. The SMILES string of the molecule is O=C(C[C@H]1C[C@@H]2c3cc(NS(=O)(=O)c4ccc(F)cc4)ccc3O[C@@H]2[C@@H](CO)O1)NCc1cccc(F)c1. The molecule has 0 bridgehead atoms. The van der Waals surface area contributed by atoms with E-state index in [1.165, 1.54) is 24.3 Å². The number of sulfonamides is 1. The Morgan fingerprint density at radius 1 is 1.03 bits per heavy atom. The maximum atomic E-state index is 13.4. The average Bonchev–Trinajstić information content (AvgIpc) is 3.25. The number of aliphatic hydroxyl groups excluding tert-OH is 1. The van der Waals surface area contributed by atoms with Crippen LogP contribution >= 0.6 is 0 Å². The summed E-state index contributed by atoms with van der Waals surface area (Å²) < 4.78 is 66.6. The highest BCUT2D eigenvalue weighted by Gasteiger charge is 2.46. The summed E-state index contributed by atoms with van der Waals surface area (Å²) in [5, 5.41) is 12.7. The van der Waals surface area contributed by atoms with Crippen LogP contribution in [0.25, 0.3) is 0 Å². The van der Waals surface area contributed by atoms with Gasteiger partial charge >= 0.3 is 0 Å². The number of amides is 1. The van der Waals surface area contributed by atoms with Gasteiger partial charge in [-0.3, -0.25) is 9.52 Å². The lowest BCUT2D eigenvalue weighted by Gasteiger charge is -2.37. The highest BCUT2D eigenvalue weighted by molar-refractivity contribution is 7.92. The molecule has 8 nitrogen and oxygen atoms in total. The summed E-state index contributed by atoms with van der Waals surface area (Å²) in [5.74, 6) is -0.909. The van der Waals surface area contributed by atoms with E-state index < -0.39 is 34.2 Å². The van der Waals surface area contributed by atoms with Crippen LogP contribution in [0.1, 0.15) is 29.9 Å². The van der Waals surface area contributed by atoms with Crippen molar-refractivity contribution in [3.63, 3.8) is 0 Å². The number of anilines is 1. The Hall–Kier alpha value is -3.54. The molecule has 0 saturated carbocycles. The van der Waals surface area contributed by atoms with E-state index in [4.69, 9.17) is 9.47 Å². The molecule has 3 aromatic carbocycles. The van der Waals surface area contributed by atoms with E-state index in [0.29, 0.717) is 23.4 Å². The van der Waals surface area contributed by atoms with Crippen LogP contribution in [0.2, 0.25) is 0 Å². The minimum atomic E-state index is -3.95. The molecule has 2 aliphatic heterocycles. The first-order valence-electron chi connectivity index (χ1n) is 12.1. The summed E-state index contributed by atoms with van der Waals surface area (Å²) in [6, 6.07) is 15.3. The summed E-state index contributed by atoms with van der Waals surface area (Å²) in [6.45, 7) is -0.150. The van der Waals surface area contributed by atoms with Gasteiger partial charge in [0.25, 0.3) is 10.0 Å². The van der Waals surface area contributed by atoms with Gasteiger partial charge in [-0.2, -0.15) is 0 Å². The van der Waals surface area contributed by atoms with Crippen LogP contribution in [0.5, 0.6) is 5.75 Å². The van der Waals surface area contributed by atoms with Crippen LogP contribution in [0, 0.1) is 11.6 Å². The summed E-state index contributed by atoms with van der Waals surface area (Å²) in [7, 11) is -3.95. The molecule has 1 amide bonds. The van der Waals surface area contributed by atoms with Gasteiger partial charge < -0.3 is 19.9 Å².